The van der Waals surface area contributed by atoms with Gasteiger partial charge in [0.15, 0.2) is 0 Å². The van der Waals surface area contributed by atoms with E-state index in [9.17, 15) is 0 Å². The number of methoxy groups -OCH3 is 1. The average Bonchev–Trinajstić information content (AvgIpc) is 2.51. The van der Waals surface area contributed by atoms with E-state index in [1.54, 1.807) is 18.9 Å². The van der Waals surface area contributed by atoms with E-state index in [0.29, 0.717) is 6.61 Å². The van der Waals surface area contributed by atoms with Crippen LogP contribution in [0.1, 0.15) is 20.8 Å². The molecule has 2 rings (SSSR count). The van der Waals surface area contributed by atoms with Crippen molar-refractivity contribution in [1.29, 1.82) is 0 Å². The largest absolute Gasteiger partial charge is 0.496 e. The maximum Gasteiger partial charge on any atom is 0.133 e. The Hall–Kier alpha value is -1.61. The Balaban J connectivity index is 0.000000956. The van der Waals surface area contributed by atoms with Gasteiger partial charge in [-0.25, -0.2) is 0 Å². The van der Waals surface area contributed by atoms with Gasteiger partial charge in [-0.05, 0) is 37.3 Å². The average molecular weight is 290 g/mol. The number of benzene rings is 2. The maximum absolute atomic E-state index is 5.51. The summed E-state index contributed by atoms with van der Waals surface area (Å²) in [4.78, 5) is 2.25. The van der Waals surface area contributed by atoms with E-state index in [1.807, 2.05) is 57.2 Å². The van der Waals surface area contributed by atoms with Gasteiger partial charge in [-0.1, -0.05) is 43.8 Å². The lowest BCUT2D eigenvalue weighted by Gasteiger charge is -2.10. The summed E-state index contributed by atoms with van der Waals surface area (Å²) in [6.07, 6.45) is 0. The van der Waals surface area contributed by atoms with Crippen molar-refractivity contribution >= 4 is 11.8 Å². The van der Waals surface area contributed by atoms with Crippen LogP contribution in [0.3, 0.4) is 0 Å². The van der Waals surface area contributed by atoms with E-state index < -0.39 is 0 Å². The highest BCUT2D eigenvalue weighted by molar-refractivity contribution is 7.99. The molecule has 0 atom stereocenters. The predicted octanol–water partition coefficient (Wildman–Crippen LogP) is 5.27. The minimum absolute atomic E-state index is 0.668. The van der Waals surface area contributed by atoms with Crippen molar-refractivity contribution in [3.8, 4) is 11.5 Å². The SMILES string of the molecule is CC.CCOc1ccc(OC)c(Sc2ccccc2)c1. The van der Waals surface area contributed by atoms with Crippen molar-refractivity contribution < 1.29 is 9.47 Å². The molecule has 0 aromatic heterocycles. The van der Waals surface area contributed by atoms with Gasteiger partial charge in [0, 0.05) is 4.90 Å². The van der Waals surface area contributed by atoms with Crippen LogP contribution < -0.4 is 9.47 Å². The summed E-state index contributed by atoms with van der Waals surface area (Å²) in [5, 5.41) is 0. The first kappa shape index (κ1) is 16.4. The molecule has 0 saturated heterocycles. The summed E-state index contributed by atoms with van der Waals surface area (Å²) in [7, 11) is 1.69. The van der Waals surface area contributed by atoms with Gasteiger partial charge in [0.2, 0.25) is 0 Å². The van der Waals surface area contributed by atoms with Crippen LogP contribution >= 0.6 is 11.8 Å². The molecule has 0 aliphatic rings. The Kier molecular flexibility index (Phi) is 7.66. The minimum Gasteiger partial charge on any atom is -0.496 e. The molecule has 0 saturated carbocycles. The van der Waals surface area contributed by atoms with Crippen LogP contribution in [0.25, 0.3) is 0 Å². The zero-order chi connectivity index (χ0) is 14.8. The van der Waals surface area contributed by atoms with Crippen LogP contribution in [0.5, 0.6) is 11.5 Å². The zero-order valence-corrected chi connectivity index (χ0v) is 13.4. The Morgan fingerprint density at radius 1 is 1.00 bits per heavy atom. The fourth-order valence-electron chi connectivity index (χ4n) is 1.61. The molecule has 2 nitrogen and oxygen atoms in total. The van der Waals surface area contributed by atoms with Gasteiger partial charge >= 0.3 is 0 Å². The highest BCUT2D eigenvalue weighted by Crippen LogP contribution is 2.37. The smallest absolute Gasteiger partial charge is 0.133 e. The first-order chi connectivity index (χ1) is 9.83. The van der Waals surface area contributed by atoms with E-state index in [-0.39, 0.29) is 0 Å². The van der Waals surface area contributed by atoms with Crippen LogP contribution in [0.2, 0.25) is 0 Å². The Bertz CT molecular complexity index is 498. The molecule has 0 fully saturated rings. The van der Waals surface area contributed by atoms with Crippen molar-refractivity contribution in [2.45, 2.75) is 30.6 Å². The third-order valence-corrected chi connectivity index (χ3v) is 3.46. The standard InChI is InChI=1S/C15H16O2S.C2H6/c1-3-17-12-9-10-14(16-2)15(11-12)18-13-7-5-4-6-8-13;1-2/h4-11H,3H2,1-2H3;1-2H3. The second kappa shape index (κ2) is 9.32. The quantitative estimate of drug-likeness (QED) is 0.747. The molecule has 2 aromatic carbocycles. The third-order valence-electron chi connectivity index (χ3n) is 2.42. The fourth-order valence-corrected chi connectivity index (χ4v) is 2.58. The van der Waals surface area contributed by atoms with Crippen molar-refractivity contribution in [2.75, 3.05) is 13.7 Å². The van der Waals surface area contributed by atoms with Gasteiger partial charge < -0.3 is 9.47 Å². The van der Waals surface area contributed by atoms with Gasteiger partial charge in [0.25, 0.3) is 0 Å². The molecular formula is C17H22O2S. The van der Waals surface area contributed by atoms with Crippen LogP contribution in [-0.2, 0) is 0 Å². The van der Waals surface area contributed by atoms with E-state index in [0.717, 1.165) is 16.4 Å². The lowest BCUT2D eigenvalue weighted by molar-refractivity contribution is 0.337. The van der Waals surface area contributed by atoms with Crippen molar-refractivity contribution in [3.05, 3.63) is 48.5 Å². The number of ether oxygens (including phenoxy) is 2. The molecule has 0 aliphatic heterocycles. The summed E-state index contributed by atoms with van der Waals surface area (Å²) in [6, 6.07) is 16.1. The second-order valence-electron chi connectivity index (χ2n) is 3.66. The zero-order valence-electron chi connectivity index (χ0n) is 12.6. The van der Waals surface area contributed by atoms with Crippen LogP contribution in [0.15, 0.2) is 58.3 Å². The van der Waals surface area contributed by atoms with Crippen molar-refractivity contribution in [2.24, 2.45) is 0 Å². The van der Waals surface area contributed by atoms with E-state index in [1.165, 1.54) is 4.90 Å². The molecule has 0 N–H and O–H groups in total. The number of hydrogen-bond acceptors (Lipinski definition) is 3. The Morgan fingerprint density at radius 2 is 1.70 bits per heavy atom. The Labute approximate surface area is 126 Å². The molecule has 108 valence electrons. The molecule has 0 spiro atoms. The molecule has 20 heavy (non-hydrogen) atoms. The van der Waals surface area contributed by atoms with E-state index in [4.69, 9.17) is 9.47 Å². The Morgan fingerprint density at radius 3 is 2.30 bits per heavy atom. The molecule has 0 heterocycles. The lowest BCUT2D eigenvalue weighted by atomic mass is 10.3. The minimum atomic E-state index is 0.668. The first-order valence-electron chi connectivity index (χ1n) is 6.87. The molecule has 0 unspecified atom stereocenters. The second-order valence-corrected chi connectivity index (χ2v) is 4.78. The number of rotatable bonds is 5. The number of hydrogen-bond donors (Lipinski definition) is 0. The predicted molar refractivity (Wildman–Crippen MR) is 86.1 cm³/mol. The highest BCUT2D eigenvalue weighted by Gasteiger charge is 2.06. The molecule has 0 radical (unpaired) electrons. The van der Waals surface area contributed by atoms with Crippen molar-refractivity contribution in [3.63, 3.8) is 0 Å². The first-order valence-corrected chi connectivity index (χ1v) is 7.69. The normalized spacial score (nSPS) is 9.40. The summed E-state index contributed by atoms with van der Waals surface area (Å²) >= 11 is 1.67. The molecule has 2 aromatic rings. The van der Waals surface area contributed by atoms with Crippen LogP contribution in [0, 0.1) is 0 Å². The van der Waals surface area contributed by atoms with Crippen molar-refractivity contribution in [1.82, 2.24) is 0 Å². The highest BCUT2D eigenvalue weighted by atomic mass is 32.2. The molecule has 0 aliphatic carbocycles. The van der Waals surface area contributed by atoms with Gasteiger partial charge in [-0.2, -0.15) is 0 Å². The topological polar surface area (TPSA) is 18.5 Å². The van der Waals surface area contributed by atoms with E-state index in [2.05, 4.69) is 12.1 Å². The summed E-state index contributed by atoms with van der Waals surface area (Å²) in [5.74, 6) is 1.74. The summed E-state index contributed by atoms with van der Waals surface area (Å²) in [5.41, 5.74) is 0. The van der Waals surface area contributed by atoms with E-state index >= 15 is 0 Å². The van der Waals surface area contributed by atoms with Crippen LogP contribution in [-0.4, -0.2) is 13.7 Å². The monoisotopic (exact) mass is 290 g/mol. The third kappa shape index (κ3) is 4.82. The van der Waals surface area contributed by atoms with Gasteiger partial charge in [-0.3, -0.25) is 0 Å². The summed E-state index contributed by atoms with van der Waals surface area (Å²) < 4.78 is 10.9. The van der Waals surface area contributed by atoms with Gasteiger partial charge in [-0.15, -0.1) is 0 Å². The molecule has 0 bridgehead atoms. The summed E-state index contributed by atoms with van der Waals surface area (Å²) in [6.45, 7) is 6.65. The molecule has 0 amide bonds. The maximum atomic E-state index is 5.51. The molecular weight excluding hydrogens is 268 g/mol. The fraction of sp³-hybridized carbons (Fsp3) is 0.294. The lowest BCUT2D eigenvalue weighted by Crippen LogP contribution is -1.93. The van der Waals surface area contributed by atoms with Gasteiger partial charge in [0.1, 0.15) is 11.5 Å². The molecule has 3 heteroatoms. The van der Waals surface area contributed by atoms with Gasteiger partial charge in [0.05, 0.1) is 18.6 Å². The van der Waals surface area contributed by atoms with Crippen LogP contribution in [0.4, 0.5) is 0 Å².